The van der Waals surface area contributed by atoms with Gasteiger partial charge in [0.2, 0.25) is 0 Å². The van der Waals surface area contributed by atoms with Crippen molar-refractivity contribution in [2.45, 2.75) is 64.6 Å². The molecule has 0 aromatic carbocycles. The predicted octanol–water partition coefficient (Wildman–Crippen LogP) is 1.47. The summed E-state index contributed by atoms with van der Waals surface area (Å²) in [7, 11) is 2.94. The number of nitrogens with two attached hydrogens (primary N) is 2. The van der Waals surface area contributed by atoms with Gasteiger partial charge >= 0.3 is 0 Å². The molecule has 0 saturated heterocycles. The highest BCUT2D eigenvalue weighted by molar-refractivity contribution is 4.98. The van der Waals surface area contributed by atoms with Crippen LogP contribution in [0.15, 0.2) is 0 Å². The number of rotatable bonds is 2. The van der Waals surface area contributed by atoms with Crippen LogP contribution in [0, 0.1) is 0 Å². The molecule has 5 heteroatoms. The van der Waals surface area contributed by atoms with Crippen LogP contribution in [-0.2, 0) is 9.47 Å². The fraction of sp³-hybridized carbons (Fsp3) is 1.00. The van der Waals surface area contributed by atoms with Crippen LogP contribution in [0.4, 0.5) is 4.39 Å². The van der Waals surface area contributed by atoms with E-state index in [4.69, 9.17) is 20.9 Å². The number of halogens is 1. The van der Waals surface area contributed by atoms with Gasteiger partial charge in [-0.15, -0.1) is 0 Å². The Balaban J connectivity index is 0. The molecule has 4 nitrogen and oxygen atoms in total. The van der Waals surface area contributed by atoms with Crippen LogP contribution in [0.25, 0.3) is 0 Å². The molecule has 106 valence electrons. The standard InChI is InChI=1S/C8H17FN2O2.2C2H6/c1-12-7-5(11)3-4(10)6(9)8(7)13-2;2*1-2/h4-8H,3,10-11H2,1-2H3;2*1-2H3/t4-,5+,6?,7-,8-;;/m1../s1. The highest BCUT2D eigenvalue weighted by Crippen LogP contribution is 2.24. The predicted molar refractivity (Wildman–Crippen MR) is 69.8 cm³/mol. The first-order valence-electron chi connectivity index (χ1n) is 6.32. The third-order valence-electron chi connectivity index (χ3n) is 2.56. The van der Waals surface area contributed by atoms with Gasteiger partial charge in [-0.1, -0.05) is 27.7 Å². The summed E-state index contributed by atoms with van der Waals surface area (Å²) in [5.74, 6) is 0. The lowest BCUT2D eigenvalue weighted by molar-refractivity contribution is -0.108. The van der Waals surface area contributed by atoms with E-state index in [0.717, 1.165) is 0 Å². The van der Waals surface area contributed by atoms with Crippen LogP contribution in [0.5, 0.6) is 0 Å². The molecule has 5 atom stereocenters. The van der Waals surface area contributed by atoms with Crippen molar-refractivity contribution >= 4 is 0 Å². The van der Waals surface area contributed by atoms with Crippen molar-refractivity contribution in [2.75, 3.05) is 14.2 Å². The molecule has 1 aliphatic carbocycles. The lowest BCUT2D eigenvalue weighted by Gasteiger charge is -2.39. The van der Waals surface area contributed by atoms with Gasteiger partial charge in [0.15, 0.2) is 0 Å². The Morgan fingerprint density at radius 1 is 0.882 bits per heavy atom. The second kappa shape index (κ2) is 10.9. The van der Waals surface area contributed by atoms with E-state index < -0.39 is 24.4 Å². The molecule has 0 bridgehead atoms. The third kappa shape index (κ3) is 5.29. The molecule has 0 radical (unpaired) electrons. The van der Waals surface area contributed by atoms with E-state index in [2.05, 4.69) is 0 Å². The first-order valence-corrected chi connectivity index (χ1v) is 6.32. The third-order valence-corrected chi connectivity index (χ3v) is 2.56. The van der Waals surface area contributed by atoms with E-state index in [1.165, 1.54) is 14.2 Å². The summed E-state index contributed by atoms with van der Waals surface area (Å²) in [6, 6.07) is -0.803. The smallest absolute Gasteiger partial charge is 0.144 e. The molecule has 0 aromatic rings. The Morgan fingerprint density at radius 3 is 1.65 bits per heavy atom. The van der Waals surface area contributed by atoms with Crippen LogP contribution in [0.3, 0.4) is 0 Å². The van der Waals surface area contributed by atoms with E-state index in [9.17, 15) is 4.39 Å². The Labute approximate surface area is 105 Å². The Kier molecular flexibility index (Phi) is 12.3. The second-order valence-corrected chi connectivity index (χ2v) is 3.41. The molecule has 0 spiro atoms. The van der Waals surface area contributed by atoms with E-state index in [-0.39, 0.29) is 6.04 Å². The zero-order valence-electron chi connectivity index (χ0n) is 11.9. The number of alkyl halides is 1. The first-order chi connectivity index (χ1) is 8.11. The minimum Gasteiger partial charge on any atom is -0.377 e. The molecule has 0 heterocycles. The maximum absolute atomic E-state index is 13.5. The fourth-order valence-corrected chi connectivity index (χ4v) is 1.82. The summed E-state index contributed by atoms with van der Waals surface area (Å²) < 4.78 is 23.5. The molecule has 1 aliphatic rings. The number of methoxy groups -OCH3 is 2. The molecule has 0 aliphatic heterocycles. The first kappa shape index (κ1) is 19.1. The van der Waals surface area contributed by atoms with Crippen LogP contribution >= 0.6 is 0 Å². The summed E-state index contributed by atoms with van der Waals surface area (Å²) in [6.07, 6.45) is -1.82. The maximum Gasteiger partial charge on any atom is 0.144 e. The topological polar surface area (TPSA) is 70.5 Å². The van der Waals surface area contributed by atoms with Gasteiger partial charge in [-0.05, 0) is 6.42 Å². The molecule has 1 fully saturated rings. The van der Waals surface area contributed by atoms with E-state index in [1.54, 1.807) is 0 Å². The zero-order valence-corrected chi connectivity index (χ0v) is 11.9. The van der Waals surface area contributed by atoms with Gasteiger partial charge in [-0.2, -0.15) is 0 Å². The van der Waals surface area contributed by atoms with Gasteiger partial charge in [0, 0.05) is 26.3 Å². The SMILES string of the molecule is CC.CC.CO[C@H]1[C@H](OC)C(F)[C@H](N)C[C@@H]1N. The quantitative estimate of drug-likeness (QED) is 0.780. The molecular weight excluding hydrogens is 223 g/mol. The summed E-state index contributed by atoms with van der Waals surface area (Å²) in [6.45, 7) is 8.00. The van der Waals surface area contributed by atoms with Crippen molar-refractivity contribution in [1.29, 1.82) is 0 Å². The summed E-state index contributed by atoms with van der Waals surface area (Å²) in [4.78, 5) is 0. The van der Waals surface area contributed by atoms with Gasteiger partial charge in [0.1, 0.15) is 18.4 Å². The molecule has 17 heavy (non-hydrogen) atoms. The normalized spacial score (nSPS) is 36.2. The van der Waals surface area contributed by atoms with Crippen LogP contribution in [0.2, 0.25) is 0 Å². The largest absolute Gasteiger partial charge is 0.377 e. The Morgan fingerprint density at radius 2 is 1.29 bits per heavy atom. The van der Waals surface area contributed by atoms with Crippen molar-refractivity contribution in [3.05, 3.63) is 0 Å². The van der Waals surface area contributed by atoms with Gasteiger partial charge in [-0.25, -0.2) is 4.39 Å². The van der Waals surface area contributed by atoms with E-state index in [1.807, 2.05) is 27.7 Å². The van der Waals surface area contributed by atoms with Crippen LogP contribution in [0.1, 0.15) is 34.1 Å². The average molecular weight is 252 g/mol. The van der Waals surface area contributed by atoms with Crippen molar-refractivity contribution < 1.29 is 13.9 Å². The summed E-state index contributed by atoms with van der Waals surface area (Å²) in [5, 5.41) is 0. The van der Waals surface area contributed by atoms with Gasteiger partial charge < -0.3 is 20.9 Å². The van der Waals surface area contributed by atoms with Crippen molar-refractivity contribution in [2.24, 2.45) is 11.5 Å². The lowest BCUT2D eigenvalue weighted by atomic mass is 9.85. The number of hydrogen-bond acceptors (Lipinski definition) is 4. The van der Waals surface area contributed by atoms with Gasteiger partial charge in [0.25, 0.3) is 0 Å². The summed E-state index contributed by atoms with van der Waals surface area (Å²) >= 11 is 0. The number of ether oxygens (including phenoxy) is 2. The minimum absolute atomic E-state index is 0.253. The van der Waals surface area contributed by atoms with E-state index >= 15 is 0 Å². The van der Waals surface area contributed by atoms with Gasteiger partial charge in [0.05, 0.1) is 0 Å². The lowest BCUT2D eigenvalue weighted by Crippen LogP contribution is -2.60. The number of hydrogen-bond donors (Lipinski definition) is 2. The average Bonchev–Trinajstić information content (AvgIpc) is 2.38. The van der Waals surface area contributed by atoms with Gasteiger partial charge in [-0.3, -0.25) is 0 Å². The molecule has 4 N–H and O–H groups in total. The Hall–Kier alpha value is -0.230. The van der Waals surface area contributed by atoms with Crippen LogP contribution in [-0.4, -0.2) is 44.7 Å². The fourth-order valence-electron chi connectivity index (χ4n) is 1.82. The molecule has 1 unspecified atom stereocenters. The van der Waals surface area contributed by atoms with Crippen molar-refractivity contribution in [1.82, 2.24) is 0 Å². The Bertz CT molecular complexity index is 173. The maximum atomic E-state index is 13.5. The summed E-state index contributed by atoms with van der Waals surface area (Å²) in [5.41, 5.74) is 11.3. The van der Waals surface area contributed by atoms with Crippen molar-refractivity contribution in [3.63, 3.8) is 0 Å². The molecule has 1 rings (SSSR count). The van der Waals surface area contributed by atoms with Crippen molar-refractivity contribution in [3.8, 4) is 0 Å². The molecule has 0 amide bonds. The second-order valence-electron chi connectivity index (χ2n) is 3.41. The molecule has 1 saturated carbocycles. The molecule has 0 aromatic heterocycles. The zero-order chi connectivity index (χ0) is 14.0. The van der Waals surface area contributed by atoms with Crippen LogP contribution < -0.4 is 11.5 Å². The molecular formula is C12H29FN2O2. The highest BCUT2D eigenvalue weighted by Gasteiger charge is 2.43. The van der Waals surface area contributed by atoms with E-state index in [0.29, 0.717) is 6.42 Å². The minimum atomic E-state index is -1.20. The monoisotopic (exact) mass is 252 g/mol. The highest BCUT2D eigenvalue weighted by atomic mass is 19.1.